The Morgan fingerprint density at radius 1 is 0.842 bits per heavy atom. The maximum Gasteiger partial charge on any atom is 0.433 e. The van der Waals surface area contributed by atoms with Crippen LogP contribution < -0.4 is 19.5 Å². The number of methoxy groups -OCH3 is 2. The van der Waals surface area contributed by atoms with Crippen molar-refractivity contribution in [3.8, 4) is 23.0 Å². The SMILES string of the molecule is COc1cc2nccc(Oc3ccc4c(C(=O)Nc5ccc(C(F)(F)F)nc5)cccc4c3)c2cc1OC. The average molecular weight is 519 g/mol. The van der Waals surface area contributed by atoms with E-state index in [9.17, 15) is 18.0 Å². The van der Waals surface area contributed by atoms with Gasteiger partial charge in [-0.1, -0.05) is 12.1 Å². The van der Waals surface area contributed by atoms with Gasteiger partial charge in [0.2, 0.25) is 0 Å². The summed E-state index contributed by atoms with van der Waals surface area (Å²) in [5.74, 6) is 1.69. The van der Waals surface area contributed by atoms with Gasteiger partial charge in [-0.3, -0.25) is 9.78 Å². The number of pyridine rings is 2. The number of anilines is 1. The highest BCUT2D eigenvalue weighted by Crippen LogP contribution is 2.37. The molecule has 5 aromatic rings. The van der Waals surface area contributed by atoms with E-state index in [1.165, 1.54) is 0 Å². The minimum atomic E-state index is -4.56. The highest BCUT2D eigenvalue weighted by molar-refractivity contribution is 6.13. The molecule has 0 aliphatic heterocycles. The van der Waals surface area contributed by atoms with Gasteiger partial charge in [0.05, 0.1) is 31.6 Å². The van der Waals surface area contributed by atoms with Crippen molar-refractivity contribution in [2.24, 2.45) is 0 Å². The number of ether oxygens (including phenoxy) is 3. The van der Waals surface area contributed by atoms with Gasteiger partial charge in [-0.15, -0.1) is 0 Å². The maximum atomic E-state index is 12.9. The van der Waals surface area contributed by atoms with Gasteiger partial charge >= 0.3 is 6.18 Å². The van der Waals surface area contributed by atoms with Crippen LogP contribution in [0.2, 0.25) is 0 Å². The summed E-state index contributed by atoms with van der Waals surface area (Å²) in [5.41, 5.74) is 0.127. The summed E-state index contributed by atoms with van der Waals surface area (Å²) in [6.07, 6.45) is -1.95. The Hall–Kier alpha value is -4.86. The second-order valence-corrected chi connectivity index (χ2v) is 8.21. The first-order valence-corrected chi connectivity index (χ1v) is 11.3. The zero-order valence-electron chi connectivity index (χ0n) is 20.2. The lowest BCUT2D eigenvalue weighted by Gasteiger charge is -2.13. The van der Waals surface area contributed by atoms with Gasteiger partial charge in [0.15, 0.2) is 11.5 Å². The first-order chi connectivity index (χ1) is 18.3. The molecule has 10 heteroatoms. The summed E-state index contributed by atoms with van der Waals surface area (Å²) in [6, 6.07) is 17.7. The van der Waals surface area contributed by atoms with Crippen molar-refractivity contribution in [2.45, 2.75) is 6.18 Å². The number of carbonyl (C=O) groups is 1. The van der Waals surface area contributed by atoms with Crippen molar-refractivity contribution in [1.29, 1.82) is 0 Å². The maximum absolute atomic E-state index is 12.9. The van der Waals surface area contributed by atoms with Gasteiger partial charge in [-0.2, -0.15) is 13.2 Å². The predicted molar refractivity (Wildman–Crippen MR) is 136 cm³/mol. The third-order valence-corrected chi connectivity index (χ3v) is 5.84. The van der Waals surface area contributed by atoms with Crippen LogP contribution in [-0.4, -0.2) is 30.1 Å². The minimum absolute atomic E-state index is 0.150. The van der Waals surface area contributed by atoms with E-state index in [4.69, 9.17) is 14.2 Å². The van der Waals surface area contributed by atoms with Crippen LogP contribution in [0, 0.1) is 0 Å². The van der Waals surface area contributed by atoms with Crippen LogP contribution in [-0.2, 0) is 6.18 Å². The number of benzene rings is 3. The highest BCUT2D eigenvalue weighted by Gasteiger charge is 2.32. The lowest BCUT2D eigenvalue weighted by Crippen LogP contribution is -2.13. The fraction of sp³-hybridized carbons (Fsp3) is 0.107. The Kier molecular flexibility index (Phi) is 6.46. The predicted octanol–water partition coefficient (Wildman–Crippen LogP) is 6.86. The van der Waals surface area contributed by atoms with Gasteiger partial charge in [0.1, 0.15) is 17.2 Å². The molecule has 0 bridgehead atoms. The van der Waals surface area contributed by atoms with E-state index >= 15 is 0 Å². The van der Waals surface area contributed by atoms with Crippen molar-refractivity contribution >= 4 is 33.3 Å². The van der Waals surface area contributed by atoms with Crippen molar-refractivity contribution in [3.05, 3.63) is 90.4 Å². The summed E-state index contributed by atoms with van der Waals surface area (Å²) < 4.78 is 55.2. The van der Waals surface area contributed by atoms with E-state index < -0.39 is 17.8 Å². The molecule has 38 heavy (non-hydrogen) atoms. The molecule has 0 fully saturated rings. The third kappa shape index (κ3) is 4.88. The first kappa shape index (κ1) is 24.8. The monoisotopic (exact) mass is 519 g/mol. The second kappa shape index (κ2) is 9.89. The third-order valence-electron chi connectivity index (χ3n) is 5.84. The molecule has 7 nitrogen and oxygen atoms in total. The molecular weight excluding hydrogens is 499 g/mol. The van der Waals surface area contributed by atoms with Crippen LogP contribution >= 0.6 is 0 Å². The summed E-state index contributed by atoms with van der Waals surface area (Å²) in [7, 11) is 3.10. The summed E-state index contributed by atoms with van der Waals surface area (Å²) >= 11 is 0. The average Bonchev–Trinajstić information content (AvgIpc) is 2.91. The summed E-state index contributed by atoms with van der Waals surface area (Å²) in [5, 5.41) is 4.70. The number of carbonyl (C=O) groups excluding carboxylic acids is 1. The number of amides is 1. The number of fused-ring (bicyclic) bond motifs is 2. The van der Waals surface area contributed by atoms with Gasteiger partial charge in [-0.25, -0.2) is 4.98 Å². The van der Waals surface area contributed by atoms with E-state index in [2.05, 4.69) is 15.3 Å². The number of nitrogens with zero attached hydrogens (tertiary/aromatic N) is 2. The quantitative estimate of drug-likeness (QED) is 0.264. The summed E-state index contributed by atoms with van der Waals surface area (Å²) in [6.45, 7) is 0. The Balaban J connectivity index is 1.42. The number of alkyl halides is 3. The molecule has 192 valence electrons. The summed E-state index contributed by atoms with van der Waals surface area (Å²) in [4.78, 5) is 20.7. The standard InChI is InChI=1S/C28H20F3N3O4/c1-36-24-13-21-22(14-25(24)37-2)32-11-10-23(21)38-18-7-8-19-16(12-18)4-3-5-20(19)27(35)34-17-6-9-26(33-15-17)28(29,30)31/h3-15H,1-2H3,(H,34,35). The van der Waals surface area contributed by atoms with E-state index in [0.29, 0.717) is 39.5 Å². The molecule has 2 aromatic heterocycles. The lowest BCUT2D eigenvalue weighted by molar-refractivity contribution is -0.141. The van der Waals surface area contributed by atoms with Crippen LogP contribution in [0.4, 0.5) is 18.9 Å². The van der Waals surface area contributed by atoms with Crippen LogP contribution in [0.3, 0.4) is 0 Å². The molecule has 0 saturated carbocycles. The second-order valence-electron chi connectivity index (χ2n) is 8.21. The van der Waals surface area contributed by atoms with E-state index in [0.717, 1.165) is 29.1 Å². The van der Waals surface area contributed by atoms with Crippen LogP contribution in [0.5, 0.6) is 23.0 Å². The van der Waals surface area contributed by atoms with Gasteiger partial charge in [0, 0.05) is 23.2 Å². The lowest BCUT2D eigenvalue weighted by atomic mass is 10.0. The largest absolute Gasteiger partial charge is 0.493 e. The number of hydrogen-bond donors (Lipinski definition) is 1. The molecule has 0 aliphatic rings. The van der Waals surface area contributed by atoms with Crippen LogP contribution in [0.25, 0.3) is 21.7 Å². The molecule has 1 N–H and O–H groups in total. The van der Waals surface area contributed by atoms with Crippen molar-refractivity contribution in [1.82, 2.24) is 9.97 Å². The van der Waals surface area contributed by atoms with Gasteiger partial charge in [0.25, 0.3) is 5.91 Å². The van der Waals surface area contributed by atoms with E-state index in [1.807, 2.05) is 6.07 Å². The Labute approximate surface area is 214 Å². The zero-order valence-corrected chi connectivity index (χ0v) is 20.2. The van der Waals surface area contributed by atoms with Gasteiger partial charge < -0.3 is 19.5 Å². The molecule has 5 rings (SSSR count). The number of aromatic nitrogens is 2. The molecule has 0 radical (unpaired) electrons. The Morgan fingerprint density at radius 3 is 2.34 bits per heavy atom. The Bertz CT molecular complexity index is 1650. The van der Waals surface area contributed by atoms with E-state index in [1.54, 1.807) is 68.9 Å². The molecule has 3 aromatic carbocycles. The molecule has 0 spiro atoms. The van der Waals surface area contributed by atoms with Crippen molar-refractivity contribution in [3.63, 3.8) is 0 Å². The van der Waals surface area contributed by atoms with Gasteiger partial charge in [-0.05, 0) is 59.3 Å². The van der Waals surface area contributed by atoms with E-state index in [-0.39, 0.29) is 5.69 Å². The first-order valence-electron chi connectivity index (χ1n) is 11.3. The van der Waals surface area contributed by atoms with Crippen LogP contribution in [0.15, 0.2) is 79.1 Å². The molecule has 2 heterocycles. The molecule has 1 amide bonds. The number of nitrogens with one attached hydrogen (secondary N) is 1. The number of hydrogen-bond acceptors (Lipinski definition) is 6. The molecular formula is C28H20F3N3O4. The zero-order chi connectivity index (χ0) is 26.9. The Morgan fingerprint density at radius 2 is 1.63 bits per heavy atom. The number of rotatable bonds is 6. The normalized spacial score (nSPS) is 11.4. The smallest absolute Gasteiger partial charge is 0.433 e. The minimum Gasteiger partial charge on any atom is -0.493 e. The molecule has 0 unspecified atom stereocenters. The molecule has 0 saturated heterocycles. The topological polar surface area (TPSA) is 82.6 Å². The van der Waals surface area contributed by atoms with Crippen LogP contribution in [0.1, 0.15) is 16.1 Å². The fourth-order valence-corrected chi connectivity index (χ4v) is 4.02. The highest BCUT2D eigenvalue weighted by atomic mass is 19.4. The van der Waals surface area contributed by atoms with Crippen molar-refractivity contribution in [2.75, 3.05) is 19.5 Å². The number of halogens is 3. The molecule has 0 aliphatic carbocycles. The molecule has 0 atom stereocenters. The van der Waals surface area contributed by atoms with Crippen molar-refractivity contribution < 1.29 is 32.2 Å². The fourth-order valence-electron chi connectivity index (χ4n) is 4.02.